The van der Waals surface area contributed by atoms with E-state index < -0.39 is 20.6 Å². The van der Waals surface area contributed by atoms with Crippen molar-refractivity contribution in [1.29, 1.82) is 5.26 Å². The smallest absolute Gasteiger partial charge is 0.310 e. The van der Waals surface area contributed by atoms with Crippen LogP contribution in [0.3, 0.4) is 0 Å². The Kier molecular flexibility index (Phi) is 4.87. The van der Waals surface area contributed by atoms with Crippen LogP contribution in [0.2, 0.25) is 10.0 Å². The number of hydrogen-bond acceptors (Lipinski definition) is 3. The first-order valence-corrected chi connectivity index (χ1v) is 8.61. The highest BCUT2D eigenvalue weighted by Gasteiger charge is 2.55. The minimum Gasteiger partial charge on any atom is -0.310 e. The van der Waals surface area contributed by atoms with E-state index in [2.05, 4.69) is 30.8 Å². The summed E-state index contributed by atoms with van der Waals surface area (Å²) in [6.07, 6.45) is 1.26. The molecule has 1 heterocycles. The molecule has 0 saturated carbocycles. The van der Waals surface area contributed by atoms with Crippen molar-refractivity contribution in [2.45, 2.75) is 10.4 Å². The zero-order chi connectivity index (χ0) is 16.5. The molecule has 1 aromatic carbocycles. The molecule has 2 aromatic rings. The van der Waals surface area contributed by atoms with Crippen LogP contribution in [0.15, 0.2) is 33.8 Å². The number of nitriles is 1. The number of rotatable bonds is 3. The van der Waals surface area contributed by atoms with Gasteiger partial charge in [-0.1, -0.05) is 39.1 Å². The maximum absolute atomic E-state index is 13.7. The van der Waals surface area contributed by atoms with E-state index >= 15 is 0 Å². The molecular weight excluding hydrogens is 428 g/mol. The monoisotopic (exact) mass is 432 g/mol. The van der Waals surface area contributed by atoms with E-state index in [-0.39, 0.29) is 15.9 Å². The number of H-pyrrole nitrogens is 1. The van der Waals surface area contributed by atoms with Crippen molar-refractivity contribution in [3.8, 4) is 5.40 Å². The predicted molar refractivity (Wildman–Crippen MR) is 83.9 cm³/mol. The molecule has 1 aromatic heterocycles. The summed E-state index contributed by atoms with van der Waals surface area (Å²) >= 11 is 15.0. The van der Waals surface area contributed by atoms with Crippen LogP contribution in [-0.2, 0) is 0 Å². The standard InChI is InChI=1S/C11H6BrCl2F3N4S/c12-6-3-7(13)10(8(14)4-6)22(5-18,11(15,16)17)21-9-1-2-19-20-9/h1-4H,(H2,19,20,21). The molecule has 4 nitrogen and oxygen atoms in total. The first kappa shape index (κ1) is 17.3. The normalized spacial score (nSPS) is 15.7. The Balaban J connectivity index is 2.72. The summed E-state index contributed by atoms with van der Waals surface area (Å²) in [5.41, 5.74) is -4.91. The predicted octanol–water partition coefficient (Wildman–Crippen LogP) is 5.67. The molecule has 0 saturated heterocycles. The molecule has 0 aliphatic heterocycles. The van der Waals surface area contributed by atoms with Crippen molar-refractivity contribution in [2.75, 3.05) is 4.72 Å². The zero-order valence-corrected chi connectivity index (χ0v) is 14.3. The van der Waals surface area contributed by atoms with Crippen molar-refractivity contribution in [1.82, 2.24) is 10.2 Å². The molecule has 0 bridgehead atoms. The van der Waals surface area contributed by atoms with E-state index in [1.54, 1.807) is 0 Å². The van der Waals surface area contributed by atoms with Crippen molar-refractivity contribution < 1.29 is 13.2 Å². The Bertz CT molecular complexity index is 709. The Morgan fingerprint density at radius 3 is 2.32 bits per heavy atom. The molecule has 0 fully saturated rings. The van der Waals surface area contributed by atoms with Gasteiger partial charge in [0.15, 0.2) is 0 Å². The maximum atomic E-state index is 13.7. The van der Waals surface area contributed by atoms with Crippen LogP contribution in [0.1, 0.15) is 0 Å². The number of nitrogens with zero attached hydrogens (tertiary/aromatic N) is 2. The minimum atomic E-state index is -4.91. The third-order valence-corrected chi connectivity index (χ3v) is 6.34. The van der Waals surface area contributed by atoms with Crippen molar-refractivity contribution in [2.24, 2.45) is 0 Å². The number of nitrogens with one attached hydrogen (secondary N) is 2. The highest BCUT2D eigenvalue weighted by atomic mass is 79.9. The summed E-state index contributed by atoms with van der Waals surface area (Å²) in [6.45, 7) is 0. The number of aromatic amines is 1. The van der Waals surface area contributed by atoms with E-state index in [0.717, 1.165) is 0 Å². The lowest BCUT2D eigenvalue weighted by Gasteiger charge is -2.36. The van der Waals surface area contributed by atoms with Gasteiger partial charge in [0.05, 0.1) is 31.4 Å². The van der Waals surface area contributed by atoms with Crippen molar-refractivity contribution >= 4 is 55.2 Å². The minimum absolute atomic E-state index is 0.0658. The molecule has 0 spiro atoms. The molecule has 2 rings (SSSR count). The largest absolute Gasteiger partial charge is 0.458 e. The Morgan fingerprint density at radius 2 is 1.91 bits per heavy atom. The van der Waals surface area contributed by atoms with Gasteiger partial charge in [-0.05, 0) is 12.1 Å². The second kappa shape index (κ2) is 6.20. The number of alkyl halides is 3. The SMILES string of the molecule is N#CS(Nc1ccn[nH]1)(c1c(Cl)cc(Br)cc1Cl)C(F)(F)F. The number of aromatic nitrogens is 2. The van der Waals surface area contributed by atoms with Gasteiger partial charge in [-0.25, -0.2) is 0 Å². The molecule has 0 aliphatic rings. The van der Waals surface area contributed by atoms with Gasteiger partial charge < -0.3 is 4.72 Å². The molecule has 0 amide bonds. The number of benzene rings is 1. The summed E-state index contributed by atoms with van der Waals surface area (Å²) in [5, 5.41) is 16.0. The average molecular weight is 434 g/mol. The summed E-state index contributed by atoms with van der Waals surface area (Å²) < 4.78 is 43.7. The molecule has 1 unspecified atom stereocenters. The summed E-state index contributed by atoms with van der Waals surface area (Å²) in [4.78, 5) is -0.497. The molecule has 22 heavy (non-hydrogen) atoms. The van der Waals surface area contributed by atoms with Gasteiger partial charge in [-0.3, -0.25) is 5.10 Å². The molecule has 11 heteroatoms. The van der Waals surface area contributed by atoms with Gasteiger partial charge in [-0.15, -0.1) is 0 Å². The summed E-state index contributed by atoms with van der Waals surface area (Å²) in [6, 6.07) is 3.77. The van der Waals surface area contributed by atoms with Crippen LogP contribution in [0.25, 0.3) is 0 Å². The molecule has 2 N–H and O–H groups in total. The van der Waals surface area contributed by atoms with Crippen LogP contribution in [-0.4, -0.2) is 15.7 Å². The molecule has 118 valence electrons. The van der Waals surface area contributed by atoms with Gasteiger partial charge in [0.2, 0.25) is 0 Å². The zero-order valence-electron chi connectivity index (χ0n) is 10.4. The van der Waals surface area contributed by atoms with Crippen LogP contribution in [0.4, 0.5) is 19.0 Å². The van der Waals surface area contributed by atoms with Crippen LogP contribution < -0.4 is 4.72 Å². The lowest BCUT2D eigenvalue weighted by molar-refractivity contribution is -0.0368. The molecular formula is C11H6BrCl2F3N4S. The molecule has 0 aliphatic carbocycles. The van der Waals surface area contributed by atoms with Crippen LogP contribution >= 0.6 is 49.3 Å². The summed E-state index contributed by atoms with van der Waals surface area (Å²) in [7, 11) is -4.23. The second-order valence-electron chi connectivity index (χ2n) is 3.92. The second-order valence-corrected chi connectivity index (χ2v) is 8.13. The average Bonchev–Trinajstić information content (AvgIpc) is 2.87. The number of anilines is 1. The first-order valence-electron chi connectivity index (χ1n) is 5.43. The Morgan fingerprint density at radius 1 is 1.32 bits per heavy atom. The third kappa shape index (κ3) is 3.01. The van der Waals surface area contributed by atoms with Gasteiger partial charge in [0, 0.05) is 10.5 Å². The lowest BCUT2D eigenvalue weighted by Crippen LogP contribution is -2.26. The Labute approximate surface area is 143 Å². The van der Waals surface area contributed by atoms with Gasteiger partial charge in [-0.2, -0.15) is 23.5 Å². The molecule has 0 radical (unpaired) electrons. The number of hydrogen-bond donors (Lipinski definition) is 2. The van der Waals surface area contributed by atoms with Crippen molar-refractivity contribution in [3.05, 3.63) is 38.9 Å². The van der Waals surface area contributed by atoms with E-state index in [0.29, 0.717) is 4.47 Å². The quantitative estimate of drug-likeness (QED) is 0.612. The Hall–Kier alpha value is -1.08. The van der Waals surface area contributed by atoms with Crippen molar-refractivity contribution in [3.63, 3.8) is 0 Å². The number of halogens is 6. The highest BCUT2D eigenvalue weighted by Crippen LogP contribution is 2.69. The third-order valence-electron chi connectivity index (χ3n) is 2.52. The van der Waals surface area contributed by atoms with Gasteiger partial charge in [0.1, 0.15) is 11.2 Å². The van der Waals surface area contributed by atoms with Gasteiger partial charge in [0.25, 0.3) is 0 Å². The van der Waals surface area contributed by atoms with E-state index in [1.165, 1.54) is 29.8 Å². The summed E-state index contributed by atoms with van der Waals surface area (Å²) in [5.74, 6) is -0.0658. The lowest BCUT2D eigenvalue weighted by atomic mass is 10.4. The van der Waals surface area contributed by atoms with Crippen LogP contribution in [0, 0.1) is 10.7 Å². The fraction of sp³-hybridized carbons (Fsp3) is 0.0909. The van der Waals surface area contributed by atoms with E-state index in [1.807, 2.05) is 0 Å². The fourth-order valence-corrected chi connectivity index (χ4v) is 5.38. The first-order chi connectivity index (χ1) is 10.2. The van der Waals surface area contributed by atoms with Gasteiger partial charge >= 0.3 is 5.51 Å². The number of thiocyanates is 1. The van der Waals surface area contributed by atoms with E-state index in [9.17, 15) is 18.4 Å². The van der Waals surface area contributed by atoms with Crippen LogP contribution in [0.5, 0.6) is 0 Å². The highest BCUT2D eigenvalue weighted by molar-refractivity contribution is 9.10. The molecule has 1 atom stereocenters. The van der Waals surface area contributed by atoms with E-state index in [4.69, 9.17) is 23.2 Å². The fourth-order valence-electron chi connectivity index (χ4n) is 1.64. The topological polar surface area (TPSA) is 64.5 Å². The maximum Gasteiger partial charge on any atom is 0.458 e.